The second-order valence-electron chi connectivity index (χ2n) is 3.61. The van der Waals surface area contributed by atoms with Crippen molar-refractivity contribution in [1.29, 1.82) is 0 Å². The molecule has 88 valence electrons. The molecular weight excluding hydrogens is 280 g/mol. The molecule has 0 aliphatic heterocycles. The normalized spacial score (nSPS) is 10.6. The van der Waals surface area contributed by atoms with Crippen molar-refractivity contribution in [2.24, 2.45) is 0 Å². The van der Waals surface area contributed by atoms with Crippen LogP contribution in [0.1, 0.15) is 5.69 Å². The van der Waals surface area contributed by atoms with Crippen LogP contribution in [0.4, 0.5) is 0 Å². The van der Waals surface area contributed by atoms with E-state index in [4.69, 9.17) is 34.8 Å². The number of pyridine rings is 1. The Morgan fingerprint density at radius 3 is 2.18 bits per heavy atom. The summed E-state index contributed by atoms with van der Waals surface area (Å²) in [7, 11) is 0. The van der Waals surface area contributed by atoms with Crippen LogP contribution in [0.2, 0.25) is 15.1 Å². The Bertz CT molecular complexity index is 611. The van der Waals surface area contributed by atoms with Crippen molar-refractivity contribution in [2.75, 3.05) is 0 Å². The van der Waals surface area contributed by atoms with Crippen molar-refractivity contribution in [2.45, 2.75) is 6.92 Å². The van der Waals surface area contributed by atoms with E-state index in [0.717, 1.165) is 5.56 Å². The lowest BCUT2D eigenvalue weighted by molar-refractivity contribution is 1.15. The molecule has 2 nitrogen and oxygen atoms in total. The van der Waals surface area contributed by atoms with E-state index in [9.17, 15) is 4.79 Å². The summed E-state index contributed by atoms with van der Waals surface area (Å²) in [4.78, 5) is 13.9. The van der Waals surface area contributed by atoms with E-state index in [1.807, 2.05) is 0 Å². The fourth-order valence-corrected chi connectivity index (χ4v) is 2.67. The molecule has 1 heterocycles. The van der Waals surface area contributed by atoms with Gasteiger partial charge in [-0.15, -0.1) is 0 Å². The van der Waals surface area contributed by atoms with Gasteiger partial charge in [-0.1, -0.05) is 34.8 Å². The third kappa shape index (κ3) is 2.49. The number of aryl methyl sites for hydroxylation is 1. The van der Waals surface area contributed by atoms with E-state index in [-0.39, 0.29) is 5.56 Å². The number of aromatic amines is 1. The molecule has 2 aromatic rings. The first-order valence-corrected chi connectivity index (χ1v) is 5.97. The SMILES string of the molecule is Cc1[nH]c(=O)ccc1-c1c(Cl)cc(Cl)cc1Cl. The Morgan fingerprint density at radius 2 is 1.65 bits per heavy atom. The average molecular weight is 289 g/mol. The molecule has 1 aromatic heterocycles. The summed E-state index contributed by atoms with van der Waals surface area (Å²) in [5, 5.41) is 1.39. The van der Waals surface area contributed by atoms with Crippen molar-refractivity contribution in [3.63, 3.8) is 0 Å². The smallest absolute Gasteiger partial charge is 0.248 e. The van der Waals surface area contributed by atoms with Crippen LogP contribution in [0.15, 0.2) is 29.1 Å². The third-order valence-electron chi connectivity index (χ3n) is 2.39. The van der Waals surface area contributed by atoms with Crippen LogP contribution in [-0.4, -0.2) is 4.98 Å². The van der Waals surface area contributed by atoms with Crippen LogP contribution in [0.25, 0.3) is 11.1 Å². The summed E-state index contributed by atoms with van der Waals surface area (Å²) >= 11 is 18.1. The first-order valence-electron chi connectivity index (χ1n) is 4.84. The summed E-state index contributed by atoms with van der Waals surface area (Å²) < 4.78 is 0. The molecule has 0 radical (unpaired) electrons. The molecule has 0 spiro atoms. The third-order valence-corrected chi connectivity index (χ3v) is 3.21. The molecule has 0 unspecified atom stereocenters. The molecule has 0 bridgehead atoms. The molecule has 2 rings (SSSR count). The van der Waals surface area contributed by atoms with E-state index < -0.39 is 0 Å². The van der Waals surface area contributed by atoms with Crippen molar-refractivity contribution < 1.29 is 0 Å². The Hall–Kier alpha value is -0.960. The lowest BCUT2D eigenvalue weighted by Crippen LogP contribution is -2.05. The predicted octanol–water partition coefficient (Wildman–Crippen LogP) is 4.31. The molecule has 0 aliphatic carbocycles. The highest BCUT2D eigenvalue weighted by atomic mass is 35.5. The van der Waals surface area contributed by atoms with Crippen molar-refractivity contribution in [3.8, 4) is 11.1 Å². The summed E-state index contributed by atoms with van der Waals surface area (Å²) in [6.45, 7) is 1.79. The van der Waals surface area contributed by atoms with Gasteiger partial charge in [0.25, 0.3) is 0 Å². The van der Waals surface area contributed by atoms with Gasteiger partial charge in [-0.3, -0.25) is 4.79 Å². The van der Waals surface area contributed by atoms with Gasteiger partial charge in [0.05, 0.1) is 10.0 Å². The lowest BCUT2D eigenvalue weighted by Gasteiger charge is -2.10. The van der Waals surface area contributed by atoms with Gasteiger partial charge < -0.3 is 4.98 Å². The Balaban J connectivity index is 2.73. The van der Waals surface area contributed by atoms with Crippen LogP contribution in [-0.2, 0) is 0 Å². The standard InChI is InChI=1S/C12H8Cl3NO/c1-6-8(2-3-11(17)16-6)12-9(14)4-7(13)5-10(12)15/h2-5H,1H3,(H,16,17). The molecule has 5 heteroatoms. The zero-order chi connectivity index (χ0) is 12.6. The van der Waals surface area contributed by atoms with Crippen LogP contribution in [0.5, 0.6) is 0 Å². The van der Waals surface area contributed by atoms with Gasteiger partial charge in [-0.2, -0.15) is 0 Å². The average Bonchev–Trinajstić information content (AvgIpc) is 2.19. The molecule has 0 aliphatic rings. The highest BCUT2D eigenvalue weighted by Crippen LogP contribution is 2.37. The minimum absolute atomic E-state index is 0.160. The van der Waals surface area contributed by atoms with Crippen molar-refractivity contribution in [1.82, 2.24) is 4.98 Å². The number of nitrogens with one attached hydrogen (secondary N) is 1. The number of hydrogen-bond acceptors (Lipinski definition) is 1. The number of aromatic nitrogens is 1. The fraction of sp³-hybridized carbons (Fsp3) is 0.0833. The van der Waals surface area contributed by atoms with Crippen LogP contribution in [0, 0.1) is 6.92 Å². The summed E-state index contributed by atoms with van der Waals surface area (Å²) in [6.07, 6.45) is 0. The van der Waals surface area contributed by atoms with Gasteiger partial charge in [0.15, 0.2) is 0 Å². The Labute approximate surface area is 113 Å². The molecule has 0 atom stereocenters. The molecule has 0 fully saturated rings. The van der Waals surface area contributed by atoms with Crippen LogP contribution in [0.3, 0.4) is 0 Å². The predicted molar refractivity (Wildman–Crippen MR) is 72.3 cm³/mol. The zero-order valence-electron chi connectivity index (χ0n) is 8.85. The quantitative estimate of drug-likeness (QED) is 0.833. The van der Waals surface area contributed by atoms with Gasteiger partial charge in [-0.25, -0.2) is 0 Å². The monoisotopic (exact) mass is 287 g/mol. The molecular formula is C12H8Cl3NO. The number of H-pyrrole nitrogens is 1. The molecule has 0 amide bonds. The Kier molecular flexibility index (Phi) is 3.48. The molecule has 0 saturated carbocycles. The lowest BCUT2D eigenvalue weighted by atomic mass is 10.0. The van der Waals surface area contributed by atoms with Gasteiger partial charge in [0, 0.05) is 27.9 Å². The minimum atomic E-state index is -0.160. The van der Waals surface area contributed by atoms with Gasteiger partial charge >= 0.3 is 0 Å². The largest absolute Gasteiger partial charge is 0.326 e. The van der Waals surface area contributed by atoms with E-state index >= 15 is 0 Å². The zero-order valence-corrected chi connectivity index (χ0v) is 11.1. The van der Waals surface area contributed by atoms with E-state index in [1.54, 1.807) is 25.1 Å². The molecule has 17 heavy (non-hydrogen) atoms. The fourth-order valence-electron chi connectivity index (χ4n) is 1.65. The van der Waals surface area contributed by atoms with Crippen LogP contribution < -0.4 is 5.56 Å². The number of rotatable bonds is 1. The van der Waals surface area contributed by atoms with Gasteiger partial charge in [0.2, 0.25) is 5.56 Å². The number of halogens is 3. The molecule has 1 N–H and O–H groups in total. The summed E-state index contributed by atoms with van der Waals surface area (Å²) in [5.74, 6) is 0. The highest BCUT2D eigenvalue weighted by molar-refractivity contribution is 6.41. The number of hydrogen-bond donors (Lipinski definition) is 1. The second kappa shape index (κ2) is 4.73. The molecule has 1 aromatic carbocycles. The van der Waals surface area contributed by atoms with Crippen molar-refractivity contribution in [3.05, 3.63) is 55.4 Å². The topological polar surface area (TPSA) is 32.9 Å². The number of benzene rings is 1. The minimum Gasteiger partial charge on any atom is -0.326 e. The van der Waals surface area contributed by atoms with E-state index in [2.05, 4.69) is 4.98 Å². The van der Waals surface area contributed by atoms with Crippen molar-refractivity contribution >= 4 is 34.8 Å². The first-order chi connectivity index (χ1) is 7.99. The van der Waals surface area contributed by atoms with E-state index in [0.29, 0.717) is 26.3 Å². The second-order valence-corrected chi connectivity index (χ2v) is 4.86. The van der Waals surface area contributed by atoms with Gasteiger partial charge in [-0.05, 0) is 25.1 Å². The maximum Gasteiger partial charge on any atom is 0.248 e. The molecule has 0 saturated heterocycles. The van der Waals surface area contributed by atoms with Gasteiger partial charge in [0.1, 0.15) is 0 Å². The highest BCUT2D eigenvalue weighted by Gasteiger charge is 2.12. The van der Waals surface area contributed by atoms with Crippen LogP contribution >= 0.6 is 34.8 Å². The Morgan fingerprint density at radius 1 is 1.06 bits per heavy atom. The first kappa shape index (κ1) is 12.5. The van der Waals surface area contributed by atoms with E-state index in [1.165, 1.54) is 6.07 Å². The maximum atomic E-state index is 11.2. The summed E-state index contributed by atoms with van der Waals surface area (Å²) in [6, 6.07) is 6.36. The maximum absolute atomic E-state index is 11.2. The summed E-state index contributed by atoms with van der Waals surface area (Å²) in [5.41, 5.74) is 2.01.